The molecule has 1 rings (SSSR count). The Morgan fingerprint density at radius 2 is 1.82 bits per heavy atom. The number of nitrogens with one attached hydrogen (secondary N) is 1. The maximum Gasteiger partial charge on any atom is 0.224 e. The Bertz CT molecular complexity index is 322. The van der Waals surface area contributed by atoms with Gasteiger partial charge in [0.15, 0.2) is 0 Å². The van der Waals surface area contributed by atoms with Crippen LogP contribution in [0.2, 0.25) is 0 Å². The van der Waals surface area contributed by atoms with Crippen LogP contribution >= 0.6 is 0 Å². The zero-order valence-electron chi connectivity index (χ0n) is 11.0. The lowest BCUT2D eigenvalue weighted by Gasteiger charge is -2.13. The number of ether oxygens (including phenoxy) is 2. The molecule has 1 heterocycles. The van der Waals surface area contributed by atoms with Crippen LogP contribution in [-0.2, 0) is 6.54 Å². The van der Waals surface area contributed by atoms with Gasteiger partial charge in [-0.25, -0.2) is 9.97 Å². The van der Waals surface area contributed by atoms with Gasteiger partial charge >= 0.3 is 0 Å². The van der Waals surface area contributed by atoms with Crippen LogP contribution in [0.5, 0.6) is 11.8 Å². The Hall–Kier alpha value is -1.36. The van der Waals surface area contributed by atoms with E-state index in [1.165, 1.54) is 6.33 Å². The fraction of sp³-hybridized carbons (Fsp3) is 0.667. The molecule has 1 aromatic rings. The number of nitrogens with zero attached hydrogens (tertiary/aromatic N) is 2. The zero-order valence-corrected chi connectivity index (χ0v) is 11.0. The second-order valence-corrected chi connectivity index (χ2v) is 4.02. The highest BCUT2D eigenvalue weighted by Crippen LogP contribution is 2.22. The lowest BCUT2D eigenvalue weighted by molar-refractivity contribution is 0.357. The van der Waals surface area contributed by atoms with E-state index in [0.29, 0.717) is 24.2 Å². The van der Waals surface area contributed by atoms with Crippen molar-refractivity contribution in [1.82, 2.24) is 15.3 Å². The number of methoxy groups -OCH3 is 2. The summed E-state index contributed by atoms with van der Waals surface area (Å²) in [6, 6.07) is 0. The Morgan fingerprint density at radius 1 is 1.24 bits per heavy atom. The normalized spacial score (nSPS) is 12.2. The molecule has 0 aliphatic heterocycles. The van der Waals surface area contributed by atoms with Crippen molar-refractivity contribution in [3.8, 4) is 11.8 Å². The average molecular weight is 239 g/mol. The van der Waals surface area contributed by atoms with Crippen molar-refractivity contribution in [1.29, 1.82) is 0 Å². The van der Waals surface area contributed by atoms with E-state index in [2.05, 4.69) is 29.1 Å². The summed E-state index contributed by atoms with van der Waals surface area (Å²) in [5.74, 6) is 1.78. The molecule has 0 amide bonds. The van der Waals surface area contributed by atoms with Gasteiger partial charge < -0.3 is 14.8 Å². The molecule has 17 heavy (non-hydrogen) atoms. The molecule has 96 valence electrons. The molecule has 0 saturated carbocycles. The largest absolute Gasteiger partial charge is 0.481 e. The summed E-state index contributed by atoms with van der Waals surface area (Å²) in [4.78, 5) is 8.14. The Balaban J connectivity index is 2.67. The summed E-state index contributed by atoms with van der Waals surface area (Å²) in [7, 11) is 3.19. The summed E-state index contributed by atoms with van der Waals surface area (Å²) in [5, 5.41) is 3.36. The van der Waals surface area contributed by atoms with Crippen LogP contribution in [0, 0.1) is 5.92 Å². The lowest BCUT2D eigenvalue weighted by Crippen LogP contribution is -2.21. The summed E-state index contributed by atoms with van der Waals surface area (Å²) < 4.78 is 10.4. The first-order valence-electron chi connectivity index (χ1n) is 5.85. The van der Waals surface area contributed by atoms with E-state index in [9.17, 15) is 0 Å². The minimum atomic E-state index is 0.563. The Labute approximate surface area is 103 Å². The second kappa shape index (κ2) is 7.06. The van der Waals surface area contributed by atoms with Gasteiger partial charge in [-0.05, 0) is 12.5 Å². The molecule has 0 bridgehead atoms. The zero-order chi connectivity index (χ0) is 12.7. The maximum atomic E-state index is 5.20. The highest BCUT2D eigenvalue weighted by Gasteiger charge is 2.12. The molecule has 0 spiro atoms. The van der Waals surface area contributed by atoms with Crippen molar-refractivity contribution in [3.63, 3.8) is 0 Å². The van der Waals surface area contributed by atoms with Gasteiger partial charge in [0.2, 0.25) is 11.8 Å². The van der Waals surface area contributed by atoms with E-state index in [4.69, 9.17) is 9.47 Å². The number of rotatable bonds is 7. The summed E-state index contributed by atoms with van der Waals surface area (Å²) in [5.41, 5.74) is 0.862. The molecular formula is C12H21N3O2. The average Bonchev–Trinajstić information content (AvgIpc) is 2.38. The monoisotopic (exact) mass is 239 g/mol. The summed E-state index contributed by atoms with van der Waals surface area (Å²) in [6.45, 7) is 6.00. The quantitative estimate of drug-likeness (QED) is 0.783. The molecule has 0 aromatic carbocycles. The standard InChI is InChI=1S/C12H21N3O2/c1-5-9(2)6-13-7-10-11(16-3)14-8-15-12(10)17-4/h8-9,13H,5-7H2,1-4H3. The van der Waals surface area contributed by atoms with Gasteiger partial charge in [-0.2, -0.15) is 0 Å². The highest BCUT2D eigenvalue weighted by atomic mass is 16.5. The van der Waals surface area contributed by atoms with Crippen molar-refractivity contribution in [2.75, 3.05) is 20.8 Å². The minimum Gasteiger partial charge on any atom is -0.481 e. The van der Waals surface area contributed by atoms with Crippen LogP contribution in [0.25, 0.3) is 0 Å². The molecule has 1 unspecified atom stereocenters. The highest BCUT2D eigenvalue weighted by molar-refractivity contribution is 5.34. The van der Waals surface area contributed by atoms with Gasteiger partial charge in [0, 0.05) is 6.54 Å². The van der Waals surface area contributed by atoms with Gasteiger partial charge in [-0.15, -0.1) is 0 Å². The van der Waals surface area contributed by atoms with Crippen molar-refractivity contribution in [2.45, 2.75) is 26.8 Å². The molecule has 0 saturated heterocycles. The molecule has 0 fully saturated rings. The van der Waals surface area contributed by atoms with Crippen LogP contribution in [0.1, 0.15) is 25.8 Å². The topological polar surface area (TPSA) is 56.3 Å². The predicted octanol–water partition coefficient (Wildman–Crippen LogP) is 1.63. The number of hydrogen-bond acceptors (Lipinski definition) is 5. The molecule has 1 atom stereocenters. The van der Waals surface area contributed by atoms with Gasteiger partial charge in [-0.1, -0.05) is 20.3 Å². The first-order chi connectivity index (χ1) is 8.22. The Kier molecular flexibility index (Phi) is 5.69. The van der Waals surface area contributed by atoms with E-state index < -0.39 is 0 Å². The maximum absolute atomic E-state index is 5.20. The molecular weight excluding hydrogens is 218 g/mol. The molecule has 0 aliphatic carbocycles. The third kappa shape index (κ3) is 3.85. The van der Waals surface area contributed by atoms with Crippen LogP contribution < -0.4 is 14.8 Å². The first-order valence-corrected chi connectivity index (χ1v) is 5.85. The summed E-state index contributed by atoms with van der Waals surface area (Å²) in [6.07, 6.45) is 2.60. The number of hydrogen-bond donors (Lipinski definition) is 1. The van der Waals surface area contributed by atoms with Crippen molar-refractivity contribution in [3.05, 3.63) is 11.9 Å². The van der Waals surface area contributed by atoms with Crippen LogP contribution in [0.15, 0.2) is 6.33 Å². The minimum absolute atomic E-state index is 0.563. The fourth-order valence-corrected chi connectivity index (χ4v) is 1.47. The van der Waals surface area contributed by atoms with Crippen molar-refractivity contribution in [2.24, 2.45) is 5.92 Å². The first kappa shape index (κ1) is 13.7. The van der Waals surface area contributed by atoms with E-state index in [0.717, 1.165) is 18.5 Å². The fourth-order valence-electron chi connectivity index (χ4n) is 1.47. The summed E-state index contributed by atoms with van der Waals surface area (Å²) >= 11 is 0. The predicted molar refractivity (Wildman–Crippen MR) is 66.3 cm³/mol. The van der Waals surface area contributed by atoms with Crippen molar-refractivity contribution >= 4 is 0 Å². The smallest absolute Gasteiger partial charge is 0.224 e. The van der Waals surface area contributed by atoms with Gasteiger partial charge in [0.05, 0.1) is 19.8 Å². The van der Waals surface area contributed by atoms with E-state index in [1.54, 1.807) is 14.2 Å². The van der Waals surface area contributed by atoms with Gasteiger partial charge in [0.25, 0.3) is 0 Å². The van der Waals surface area contributed by atoms with Crippen LogP contribution in [0.4, 0.5) is 0 Å². The van der Waals surface area contributed by atoms with Gasteiger partial charge in [0.1, 0.15) is 6.33 Å². The molecule has 0 radical (unpaired) electrons. The molecule has 0 aliphatic rings. The third-order valence-electron chi connectivity index (χ3n) is 2.74. The molecule has 1 aromatic heterocycles. The lowest BCUT2D eigenvalue weighted by atomic mass is 10.1. The van der Waals surface area contributed by atoms with Crippen LogP contribution in [-0.4, -0.2) is 30.7 Å². The van der Waals surface area contributed by atoms with Crippen molar-refractivity contribution < 1.29 is 9.47 Å². The molecule has 5 heteroatoms. The molecule has 1 N–H and O–H groups in total. The molecule has 5 nitrogen and oxygen atoms in total. The van der Waals surface area contributed by atoms with Crippen LogP contribution in [0.3, 0.4) is 0 Å². The van der Waals surface area contributed by atoms with E-state index in [-0.39, 0.29) is 0 Å². The van der Waals surface area contributed by atoms with Gasteiger partial charge in [-0.3, -0.25) is 0 Å². The number of aromatic nitrogens is 2. The second-order valence-electron chi connectivity index (χ2n) is 4.02. The SMILES string of the molecule is CCC(C)CNCc1c(OC)ncnc1OC. The Morgan fingerprint density at radius 3 is 2.29 bits per heavy atom. The van der Waals surface area contributed by atoms with E-state index in [1.807, 2.05) is 0 Å². The third-order valence-corrected chi connectivity index (χ3v) is 2.74. The van der Waals surface area contributed by atoms with E-state index >= 15 is 0 Å².